The van der Waals surface area contributed by atoms with Crippen molar-refractivity contribution in [3.05, 3.63) is 24.2 Å². The van der Waals surface area contributed by atoms with E-state index in [1.54, 1.807) is 12.1 Å². The molecule has 1 N–H and O–H groups in total. The fourth-order valence-electron chi connectivity index (χ4n) is 3.76. The molecule has 1 aromatic rings. The van der Waals surface area contributed by atoms with E-state index >= 15 is 0 Å². The molecule has 0 bridgehead atoms. The van der Waals surface area contributed by atoms with Crippen LogP contribution in [0.1, 0.15) is 24.4 Å². The van der Waals surface area contributed by atoms with Gasteiger partial charge in [0.25, 0.3) is 5.91 Å². The smallest absolute Gasteiger partial charge is 0.289 e. The van der Waals surface area contributed by atoms with E-state index in [4.69, 9.17) is 9.15 Å². The molecule has 0 spiro atoms. The van der Waals surface area contributed by atoms with Gasteiger partial charge in [-0.05, 0) is 26.0 Å². The lowest BCUT2D eigenvalue weighted by Gasteiger charge is -2.39. The van der Waals surface area contributed by atoms with Crippen molar-refractivity contribution in [2.75, 3.05) is 59.5 Å². The molecule has 3 rings (SSSR count). The zero-order valence-electron chi connectivity index (χ0n) is 16.6. The Morgan fingerprint density at radius 2 is 2.04 bits per heavy atom. The fourth-order valence-corrected chi connectivity index (χ4v) is 3.76. The Hall–Kier alpha value is -2.06. The fraction of sp³-hybridized carbons (Fsp3) is 0.684. The van der Waals surface area contributed by atoms with Crippen LogP contribution in [0.25, 0.3) is 0 Å². The molecule has 3 heterocycles. The predicted octanol–water partition coefficient (Wildman–Crippen LogP) is 0.722. The molecule has 0 aliphatic carbocycles. The van der Waals surface area contributed by atoms with Gasteiger partial charge in [-0.1, -0.05) is 0 Å². The zero-order chi connectivity index (χ0) is 19.2. The summed E-state index contributed by atoms with van der Waals surface area (Å²) in [5, 5.41) is 3.50. The van der Waals surface area contributed by atoms with Crippen molar-refractivity contribution in [1.82, 2.24) is 20.0 Å². The molecule has 2 atom stereocenters. The lowest BCUT2D eigenvalue weighted by Crippen LogP contribution is -2.56. The van der Waals surface area contributed by atoms with Crippen molar-refractivity contribution in [1.29, 1.82) is 0 Å². The van der Waals surface area contributed by atoms with Gasteiger partial charge < -0.3 is 24.3 Å². The largest absolute Gasteiger partial charge is 0.459 e. The maximum absolute atomic E-state index is 12.4. The molecule has 0 saturated carbocycles. The number of morpholine rings is 1. The van der Waals surface area contributed by atoms with Gasteiger partial charge in [0.05, 0.1) is 19.5 Å². The van der Waals surface area contributed by atoms with Crippen molar-refractivity contribution in [2.24, 2.45) is 4.99 Å². The number of nitrogens with zero attached hydrogens (tertiary/aromatic N) is 4. The number of carbonyl (C=O) groups excluding carboxylic acids is 1. The van der Waals surface area contributed by atoms with Crippen LogP contribution in [0.2, 0.25) is 0 Å². The molecule has 27 heavy (non-hydrogen) atoms. The number of amides is 1. The molecule has 0 aromatic carbocycles. The number of guanidine groups is 1. The highest BCUT2D eigenvalue weighted by atomic mass is 16.5. The van der Waals surface area contributed by atoms with E-state index in [9.17, 15) is 4.79 Å². The monoisotopic (exact) mass is 377 g/mol. The van der Waals surface area contributed by atoms with Crippen molar-refractivity contribution in [2.45, 2.75) is 25.9 Å². The normalized spacial score (nSPS) is 23.4. The first-order valence-electron chi connectivity index (χ1n) is 9.72. The molecule has 0 radical (unpaired) electrons. The van der Waals surface area contributed by atoms with Crippen molar-refractivity contribution in [3.63, 3.8) is 0 Å². The van der Waals surface area contributed by atoms with Gasteiger partial charge >= 0.3 is 0 Å². The Kier molecular flexibility index (Phi) is 6.73. The summed E-state index contributed by atoms with van der Waals surface area (Å²) in [6.07, 6.45) is 1.53. The molecule has 1 aromatic heterocycles. The van der Waals surface area contributed by atoms with Crippen LogP contribution in [0.3, 0.4) is 0 Å². The summed E-state index contributed by atoms with van der Waals surface area (Å²) >= 11 is 0. The first-order chi connectivity index (χ1) is 13.1. The van der Waals surface area contributed by atoms with Gasteiger partial charge in [0.1, 0.15) is 0 Å². The van der Waals surface area contributed by atoms with E-state index < -0.39 is 0 Å². The topological polar surface area (TPSA) is 73.6 Å². The maximum atomic E-state index is 12.4. The maximum Gasteiger partial charge on any atom is 0.289 e. The SMILES string of the molecule is CN=C(NCC(C)N1CCOCC1C)N1CCN(C(=O)c2ccco2)CC1. The van der Waals surface area contributed by atoms with Gasteiger partial charge in [0, 0.05) is 58.4 Å². The molecule has 2 fully saturated rings. The Bertz CT molecular complexity index is 625. The van der Waals surface area contributed by atoms with E-state index in [0.717, 1.165) is 45.4 Å². The highest BCUT2D eigenvalue weighted by molar-refractivity contribution is 5.91. The summed E-state index contributed by atoms with van der Waals surface area (Å²) in [6, 6.07) is 4.30. The molecule has 8 heteroatoms. The summed E-state index contributed by atoms with van der Waals surface area (Å²) in [5.74, 6) is 1.25. The molecule has 1 amide bonds. The molecular formula is C19H31N5O3. The van der Waals surface area contributed by atoms with Crippen molar-refractivity contribution < 1.29 is 13.9 Å². The second-order valence-corrected chi connectivity index (χ2v) is 7.20. The summed E-state index contributed by atoms with van der Waals surface area (Å²) in [6.45, 7) is 10.7. The van der Waals surface area contributed by atoms with Crippen LogP contribution in [0.4, 0.5) is 0 Å². The van der Waals surface area contributed by atoms with Gasteiger partial charge in [-0.3, -0.25) is 14.7 Å². The van der Waals surface area contributed by atoms with E-state index in [1.165, 1.54) is 6.26 Å². The summed E-state index contributed by atoms with van der Waals surface area (Å²) < 4.78 is 10.7. The van der Waals surface area contributed by atoms with Gasteiger partial charge in [0.2, 0.25) is 0 Å². The summed E-state index contributed by atoms with van der Waals surface area (Å²) in [5.41, 5.74) is 0. The number of hydrogen-bond donors (Lipinski definition) is 1. The van der Waals surface area contributed by atoms with Crippen LogP contribution in [-0.4, -0.2) is 98.2 Å². The molecule has 150 valence electrons. The van der Waals surface area contributed by atoms with Crippen molar-refractivity contribution >= 4 is 11.9 Å². The molecule has 8 nitrogen and oxygen atoms in total. The highest BCUT2D eigenvalue weighted by Gasteiger charge is 2.27. The molecule has 2 aliphatic heterocycles. The van der Waals surface area contributed by atoms with Crippen LogP contribution in [0.15, 0.2) is 27.8 Å². The minimum atomic E-state index is -0.0440. The quantitative estimate of drug-likeness (QED) is 0.616. The Morgan fingerprint density at radius 1 is 1.30 bits per heavy atom. The van der Waals surface area contributed by atoms with Crippen LogP contribution in [0, 0.1) is 0 Å². The Morgan fingerprint density at radius 3 is 2.67 bits per heavy atom. The van der Waals surface area contributed by atoms with Crippen LogP contribution in [-0.2, 0) is 4.74 Å². The number of rotatable bonds is 4. The van der Waals surface area contributed by atoms with E-state index in [1.807, 2.05) is 11.9 Å². The van der Waals surface area contributed by atoms with Crippen molar-refractivity contribution in [3.8, 4) is 0 Å². The molecule has 2 aliphatic rings. The number of aliphatic imine (C=N–C) groups is 1. The van der Waals surface area contributed by atoms with Gasteiger partial charge in [-0.25, -0.2) is 0 Å². The van der Waals surface area contributed by atoms with Gasteiger partial charge in [-0.2, -0.15) is 0 Å². The standard InChI is InChI=1S/C19H31N5O3/c1-15(24-10-12-26-14-16(24)2)13-21-19(20-3)23-8-6-22(7-9-23)18(25)17-5-4-11-27-17/h4-5,11,15-16H,6-10,12-14H2,1-3H3,(H,20,21). The van der Waals surface area contributed by atoms with E-state index in [0.29, 0.717) is 30.9 Å². The summed E-state index contributed by atoms with van der Waals surface area (Å²) in [7, 11) is 1.81. The lowest BCUT2D eigenvalue weighted by atomic mass is 10.2. The lowest BCUT2D eigenvalue weighted by molar-refractivity contribution is -0.0175. The third-order valence-electron chi connectivity index (χ3n) is 5.35. The second-order valence-electron chi connectivity index (χ2n) is 7.20. The first-order valence-corrected chi connectivity index (χ1v) is 9.72. The zero-order valence-corrected chi connectivity index (χ0v) is 16.6. The number of piperazine rings is 1. The minimum absolute atomic E-state index is 0.0440. The van der Waals surface area contributed by atoms with Gasteiger partial charge in [0.15, 0.2) is 11.7 Å². The van der Waals surface area contributed by atoms with Crippen LogP contribution >= 0.6 is 0 Å². The predicted molar refractivity (Wildman–Crippen MR) is 104 cm³/mol. The van der Waals surface area contributed by atoms with E-state index in [-0.39, 0.29) is 5.91 Å². The minimum Gasteiger partial charge on any atom is -0.459 e. The number of hydrogen-bond acceptors (Lipinski definition) is 5. The third kappa shape index (κ3) is 4.81. The molecule has 2 saturated heterocycles. The number of furan rings is 1. The Balaban J connectivity index is 1.47. The number of ether oxygens (including phenoxy) is 1. The third-order valence-corrected chi connectivity index (χ3v) is 5.35. The number of nitrogens with one attached hydrogen (secondary N) is 1. The van der Waals surface area contributed by atoms with Gasteiger partial charge in [-0.15, -0.1) is 0 Å². The molecule has 2 unspecified atom stereocenters. The van der Waals surface area contributed by atoms with Crippen LogP contribution in [0.5, 0.6) is 0 Å². The van der Waals surface area contributed by atoms with E-state index in [2.05, 4.69) is 34.0 Å². The Labute approximate surface area is 161 Å². The summed E-state index contributed by atoms with van der Waals surface area (Å²) in [4.78, 5) is 23.3. The number of carbonyl (C=O) groups is 1. The second kappa shape index (κ2) is 9.23. The average Bonchev–Trinajstić information content (AvgIpc) is 3.23. The van der Waals surface area contributed by atoms with Crippen LogP contribution < -0.4 is 5.32 Å². The average molecular weight is 377 g/mol. The molecular weight excluding hydrogens is 346 g/mol. The first kappa shape index (κ1) is 19.7. The highest BCUT2D eigenvalue weighted by Crippen LogP contribution is 2.11.